The van der Waals surface area contributed by atoms with E-state index in [9.17, 15) is 13.2 Å². The third-order valence-electron chi connectivity index (χ3n) is 4.07. The molecule has 0 atom stereocenters. The van der Waals surface area contributed by atoms with Gasteiger partial charge in [0.2, 0.25) is 0 Å². The highest BCUT2D eigenvalue weighted by atomic mass is 35.5. The lowest BCUT2D eigenvalue weighted by molar-refractivity contribution is -0.137. The van der Waals surface area contributed by atoms with Gasteiger partial charge in [-0.05, 0) is 18.2 Å². The molecule has 2 N–H and O–H groups in total. The van der Waals surface area contributed by atoms with E-state index in [-0.39, 0.29) is 28.8 Å². The van der Waals surface area contributed by atoms with Crippen LogP contribution in [-0.4, -0.2) is 52.1 Å². The van der Waals surface area contributed by atoms with Crippen molar-refractivity contribution in [2.75, 3.05) is 18.2 Å². The van der Waals surface area contributed by atoms with E-state index in [0.29, 0.717) is 22.0 Å². The third kappa shape index (κ3) is 4.69. The molecule has 12 heteroatoms. The van der Waals surface area contributed by atoms with E-state index in [2.05, 4.69) is 20.4 Å². The van der Waals surface area contributed by atoms with E-state index in [1.54, 1.807) is 18.2 Å². The van der Waals surface area contributed by atoms with Crippen LogP contribution in [0.3, 0.4) is 0 Å². The number of rotatable bonds is 8. The Balaban J connectivity index is 2.04. The van der Waals surface area contributed by atoms with Crippen LogP contribution in [0.5, 0.6) is 5.75 Å². The molecule has 0 amide bonds. The van der Waals surface area contributed by atoms with Crippen molar-refractivity contribution in [2.24, 2.45) is 0 Å². The molecule has 0 aliphatic rings. The summed E-state index contributed by atoms with van der Waals surface area (Å²) in [5.74, 6) is -0.426. The number of carboxylic acids is 1. The molecule has 30 heavy (non-hydrogen) atoms. The van der Waals surface area contributed by atoms with Gasteiger partial charge in [0.05, 0.1) is 36.0 Å². The first-order chi connectivity index (χ1) is 14.2. The van der Waals surface area contributed by atoms with Gasteiger partial charge in [0.1, 0.15) is 17.2 Å². The fourth-order valence-electron chi connectivity index (χ4n) is 2.58. The van der Waals surface area contributed by atoms with E-state index in [1.165, 1.54) is 37.3 Å². The molecule has 0 aliphatic heterocycles. The monoisotopic (exact) mass is 451 g/mol. The normalized spacial score (nSPS) is 11.3. The Hall–Kier alpha value is -3.18. The fraction of sp³-hybridized carbons (Fsp3) is 0.222. The van der Waals surface area contributed by atoms with Crippen LogP contribution in [0.1, 0.15) is 6.92 Å². The molecule has 0 spiro atoms. The summed E-state index contributed by atoms with van der Waals surface area (Å²) in [4.78, 5) is 19.3. The average molecular weight is 452 g/mol. The zero-order valence-corrected chi connectivity index (χ0v) is 17.6. The van der Waals surface area contributed by atoms with Crippen molar-refractivity contribution in [2.45, 2.75) is 18.4 Å². The van der Waals surface area contributed by atoms with Gasteiger partial charge in [0.25, 0.3) is 0 Å². The first kappa shape index (κ1) is 21.5. The summed E-state index contributed by atoms with van der Waals surface area (Å²) >= 11 is 6.17. The van der Waals surface area contributed by atoms with Gasteiger partial charge in [-0.2, -0.15) is 5.10 Å². The molecule has 2 heterocycles. The van der Waals surface area contributed by atoms with Crippen LogP contribution in [0.25, 0.3) is 11.4 Å². The molecule has 1 aromatic carbocycles. The zero-order chi connectivity index (χ0) is 21.9. The molecule has 0 saturated heterocycles. The fourth-order valence-corrected chi connectivity index (χ4v) is 3.75. The van der Waals surface area contributed by atoms with Crippen LogP contribution in [-0.2, 0) is 21.2 Å². The Morgan fingerprint density at radius 3 is 2.73 bits per heavy atom. The number of sulfone groups is 1. The van der Waals surface area contributed by atoms with Crippen LogP contribution in [0.2, 0.25) is 5.02 Å². The summed E-state index contributed by atoms with van der Waals surface area (Å²) in [7, 11) is -2.14. The summed E-state index contributed by atoms with van der Waals surface area (Å²) in [6, 6.07) is 4.96. The van der Waals surface area contributed by atoms with E-state index < -0.39 is 15.8 Å². The maximum Gasteiger partial charge on any atom is 0.325 e. The summed E-state index contributed by atoms with van der Waals surface area (Å²) in [5.41, 5.74) is 0.937. The van der Waals surface area contributed by atoms with E-state index >= 15 is 0 Å². The van der Waals surface area contributed by atoms with Crippen LogP contribution >= 0.6 is 11.6 Å². The Kier molecular flexibility index (Phi) is 6.22. The predicted octanol–water partition coefficient (Wildman–Crippen LogP) is 2.62. The molecule has 0 unspecified atom stereocenters. The molecule has 158 valence electrons. The van der Waals surface area contributed by atoms with Crippen molar-refractivity contribution in [1.29, 1.82) is 0 Å². The predicted molar refractivity (Wildman–Crippen MR) is 110 cm³/mol. The Morgan fingerprint density at radius 1 is 1.33 bits per heavy atom. The Labute approximate surface area is 177 Å². The van der Waals surface area contributed by atoms with Gasteiger partial charge >= 0.3 is 5.97 Å². The number of carboxylic acid groups (broad SMARTS) is 1. The summed E-state index contributed by atoms with van der Waals surface area (Å²) in [6.07, 6.45) is 4.03. The van der Waals surface area contributed by atoms with Gasteiger partial charge in [0.15, 0.2) is 21.5 Å². The highest BCUT2D eigenvalue weighted by Crippen LogP contribution is 2.31. The SMILES string of the molecule is CCS(=O)(=O)c1cnc(-c2ccc(OC)c(Cl)c2)nc1Nc1cnn(CC(=O)O)c1. The summed E-state index contributed by atoms with van der Waals surface area (Å²) < 4.78 is 31.3. The molecule has 0 saturated carbocycles. The minimum Gasteiger partial charge on any atom is -0.495 e. The van der Waals surface area contributed by atoms with Crippen molar-refractivity contribution in [3.63, 3.8) is 0 Å². The lowest BCUT2D eigenvalue weighted by Crippen LogP contribution is -2.10. The second-order valence-electron chi connectivity index (χ2n) is 6.10. The van der Waals surface area contributed by atoms with Crippen LogP contribution in [0, 0.1) is 0 Å². The first-order valence-corrected chi connectivity index (χ1v) is 10.7. The van der Waals surface area contributed by atoms with Gasteiger partial charge in [-0.15, -0.1) is 0 Å². The maximum atomic E-state index is 12.5. The van der Waals surface area contributed by atoms with E-state index in [1.807, 2.05) is 0 Å². The van der Waals surface area contributed by atoms with Crippen molar-refractivity contribution in [3.8, 4) is 17.1 Å². The number of halogens is 1. The second kappa shape index (κ2) is 8.67. The largest absolute Gasteiger partial charge is 0.495 e. The third-order valence-corrected chi connectivity index (χ3v) is 6.10. The summed E-state index contributed by atoms with van der Waals surface area (Å²) in [5, 5.41) is 16.0. The van der Waals surface area contributed by atoms with Crippen molar-refractivity contribution >= 4 is 38.9 Å². The van der Waals surface area contributed by atoms with Crippen LogP contribution < -0.4 is 10.1 Å². The van der Waals surface area contributed by atoms with Crippen molar-refractivity contribution < 1.29 is 23.1 Å². The average Bonchev–Trinajstić information content (AvgIpc) is 3.13. The first-order valence-electron chi connectivity index (χ1n) is 8.68. The van der Waals surface area contributed by atoms with E-state index in [0.717, 1.165) is 0 Å². The van der Waals surface area contributed by atoms with Gasteiger partial charge in [0, 0.05) is 11.8 Å². The molecule has 3 rings (SSSR count). The molecule has 3 aromatic rings. The molecular formula is C18H18ClN5O5S. The number of methoxy groups -OCH3 is 1. The lowest BCUT2D eigenvalue weighted by Gasteiger charge is -2.12. The number of hydrogen-bond donors (Lipinski definition) is 2. The highest BCUT2D eigenvalue weighted by Gasteiger charge is 2.21. The standard InChI is InChI=1S/C18H18ClN5O5S/c1-3-30(27,28)15-8-20-17(11-4-5-14(29-2)13(19)6-11)23-18(15)22-12-7-21-24(9-12)10-16(25)26/h4-9H,3,10H2,1-2H3,(H,25,26)(H,20,22,23). The zero-order valence-electron chi connectivity index (χ0n) is 16.0. The molecule has 0 fully saturated rings. The van der Waals surface area contributed by atoms with Crippen molar-refractivity contribution in [1.82, 2.24) is 19.7 Å². The minimum absolute atomic E-state index is 0.0451. The topological polar surface area (TPSA) is 136 Å². The number of anilines is 2. The molecule has 0 aliphatic carbocycles. The number of carbonyl (C=O) groups is 1. The summed E-state index contributed by atoms with van der Waals surface area (Å²) in [6.45, 7) is 1.18. The molecule has 0 radical (unpaired) electrons. The number of aliphatic carboxylic acids is 1. The number of benzene rings is 1. The van der Waals surface area contributed by atoms with Crippen LogP contribution in [0.15, 0.2) is 41.7 Å². The van der Waals surface area contributed by atoms with Crippen LogP contribution in [0.4, 0.5) is 11.5 Å². The second-order valence-corrected chi connectivity index (χ2v) is 8.76. The minimum atomic E-state index is -3.63. The Morgan fingerprint density at radius 2 is 2.10 bits per heavy atom. The van der Waals surface area contributed by atoms with Crippen molar-refractivity contribution in [3.05, 3.63) is 41.8 Å². The number of nitrogens with one attached hydrogen (secondary N) is 1. The lowest BCUT2D eigenvalue weighted by atomic mass is 10.2. The Bertz CT molecular complexity index is 1200. The molecule has 10 nitrogen and oxygen atoms in total. The number of aromatic nitrogens is 4. The van der Waals surface area contributed by atoms with Gasteiger partial charge in [-0.25, -0.2) is 18.4 Å². The smallest absolute Gasteiger partial charge is 0.325 e. The molecule has 0 bridgehead atoms. The quantitative estimate of drug-likeness (QED) is 0.529. The van der Waals surface area contributed by atoms with E-state index in [4.69, 9.17) is 21.4 Å². The van der Waals surface area contributed by atoms with Gasteiger partial charge in [-0.3, -0.25) is 9.48 Å². The molecular weight excluding hydrogens is 434 g/mol. The molecule has 2 aromatic heterocycles. The maximum absolute atomic E-state index is 12.5. The number of ether oxygens (including phenoxy) is 1. The van der Waals surface area contributed by atoms with Gasteiger partial charge < -0.3 is 15.2 Å². The highest BCUT2D eigenvalue weighted by molar-refractivity contribution is 7.91. The van der Waals surface area contributed by atoms with Gasteiger partial charge in [-0.1, -0.05) is 18.5 Å². The number of hydrogen-bond acceptors (Lipinski definition) is 8. The number of nitrogens with zero attached hydrogens (tertiary/aromatic N) is 4.